The fourth-order valence-electron chi connectivity index (χ4n) is 2.93. The van der Waals surface area contributed by atoms with Gasteiger partial charge in [0.2, 0.25) is 6.41 Å². The van der Waals surface area contributed by atoms with E-state index in [4.69, 9.17) is 0 Å². The molecule has 2 atom stereocenters. The molecule has 0 aromatic rings. The van der Waals surface area contributed by atoms with Crippen molar-refractivity contribution in [2.45, 2.75) is 40.5 Å². The maximum atomic E-state index is 10.8. The van der Waals surface area contributed by atoms with Gasteiger partial charge < -0.3 is 4.90 Å². The van der Waals surface area contributed by atoms with Gasteiger partial charge in [0.1, 0.15) is 0 Å². The molecule has 1 saturated heterocycles. The average Bonchev–Trinajstić information content (AvgIpc) is 2.38. The molecular weight excluding hydrogens is 186 g/mol. The van der Waals surface area contributed by atoms with Crippen molar-refractivity contribution in [1.82, 2.24) is 4.90 Å². The molecule has 2 heteroatoms. The van der Waals surface area contributed by atoms with Crippen LogP contribution >= 0.6 is 0 Å². The van der Waals surface area contributed by atoms with E-state index in [0.717, 1.165) is 43.2 Å². The van der Waals surface area contributed by atoms with Crippen LogP contribution in [0.1, 0.15) is 40.5 Å². The van der Waals surface area contributed by atoms with E-state index in [1.807, 2.05) is 4.90 Å². The van der Waals surface area contributed by atoms with E-state index >= 15 is 0 Å². The summed E-state index contributed by atoms with van der Waals surface area (Å²) in [6, 6.07) is 0. The van der Waals surface area contributed by atoms with Crippen LogP contribution in [-0.2, 0) is 4.79 Å². The molecule has 1 rings (SSSR count). The number of likely N-dealkylation sites (tertiary alicyclic amines) is 1. The van der Waals surface area contributed by atoms with Crippen molar-refractivity contribution in [2.24, 2.45) is 23.7 Å². The highest BCUT2D eigenvalue weighted by atomic mass is 16.1. The van der Waals surface area contributed by atoms with Crippen LogP contribution in [0.2, 0.25) is 0 Å². The van der Waals surface area contributed by atoms with E-state index in [2.05, 4.69) is 27.7 Å². The molecule has 2 unspecified atom stereocenters. The molecule has 88 valence electrons. The summed E-state index contributed by atoms with van der Waals surface area (Å²) in [5.74, 6) is 3.05. The molecule has 0 aromatic heterocycles. The summed E-state index contributed by atoms with van der Waals surface area (Å²) < 4.78 is 0. The molecule has 0 N–H and O–H groups in total. The second-order valence-electron chi connectivity index (χ2n) is 5.53. The monoisotopic (exact) mass is 211 g/mol. The number of amides is 1. The van der Waals surface area contributed by atoms with Gasteiger partial charge in [-0.3, -0.25) is 4.79 Å². The number of hydrogen-bond acceptors (Lipinski definition) is 1. The summed E-state index contributed by atoms with van der Waals surface area (Å²) >= 11 is 0. The van der Waals surface area contributed by atoms with E-state index in [1.54, 1.807) is 0 Å². The Morgan fingerprint density at radius 1 is 1.00 bits per heavy atom. The summed E-state index contributed by atoms with van der Waals surface area (Å²) in [7, 11) is 0. The molecule has 15 heavy (non-hydrogen) atoms. The van der Waals surface area contributed by atoms with Gasteiger partial charge in [-0.05, 0) is 36.5 Å². The minimum Gasteiger partial charge on any atom is -0.345 e. The SMILES string of the molecule is CC(C)C1CCN(C=O)CCC1C(C)C. The number of hydrogen-bond donors (Lipinski definition) is 0. The second kappa shape index (κ2) is 5.53. The first-order chi connectivity index (χ1) is 7.06. The third-order valence-corrected chi connectivity index (χ3v) is 3.91. The Bertz CT molecular complexity index is 183. The van der Waals surface area contributed by atoms with Gasteiger partial charge in [-0.15, -0.1) is 0 Å². The zero-order chi connectivity index (χ0) is 11.4. The van der Waals surface area contributed by atoms with Crippen LogP contribution in [0.5, 0.6) is 0 Å². The molecule has 0 aromatic carbocycles. The van der Waals surface area contributed by atoms with Crippen LogP contribution in [0.15, 0.2) is 0 Å². The fourth-order valence-corrected chi connectivity index (χ4v) is 2.93. The zero-order valence-electron chi connectivity index (χ0n) is 10.6. The average molecular weight is 211 g/mol. The Morgan fingerprint density at radius 2 is 1.40 bits per heavy atom. The van der Waals surface area contributed by atoms with Crippen molar-refractivity contribution in [2.75, 3.05) is 13.1 Å². The van der Waals surface area contributed by atoms with Gasteiger partial charge in [0.25, 0.3) is 0 Å². The molecule has 1 aliphatic rings. The van der Waals surface area contributed by atoms with E-state index in [9.17, 15) is 4.79 Å². The quantitative estimate of drug-likeness (QED) is 0.657. The molecule has 0 saturated carbocycles. The maximum Gasteiger partial charge on any atom is 0.209 e. The lowest BCUT2D eigenvalue weighted by atomic mass is 9.74. The maximum absolute atomic E-state index is 10.8. The topological polar surface area (TPSA) is 20.3 Å². The molecule has 1 fully saturated rings. The minimum atomic E-state index is 0.740. The first-order valence-corrected chi connectivity index (χ1v) is 6.25. The van der Waals surface area contributed by atoms with Crippen molar-refractivity contribution in [1.29, 1.82) is 0 Å². The van der Waals surface area contributed by atoms with Crippen LogP contribution in [0.4, 0.5) is 0 Å². The van der Waals surface area contributed by atoms with Gasteiger partial charge >= 0.3 is 0 Å². The predicted octanol–water partition coefficient (Wildman–Crippen LogP) is 2.78. The molecule has 1 amide bonds. The molecule has 0 radical (unpaired) electrons. The zero-order valence-corrected chi connectivity index (χ0v) is 10.6. The van der Waals surface area contributed by atoms with E-state index in [-0.39, 0.29) is 0 Å². The van der Waals surface area contributed by atoms with Gasteiger partial charge in [0, 0.05) is 13.1 Å². The van der Waals surface area contributed by atoms with Crippen LogP contribution in [0.25, 0.3) is 0 Å². The number of rotatable bonds is 3. The van der Waals surface area contributed by atoms with Crippen LogP contribution in [0, 0.1) is 23.7 Å². The summed E-state index contributed by atoms with van der Waals surface area (Å²) in [6.45, 7) is 11.2. The summed E-state index contributed by atoms with van der Waals surface area (Å²) in [5.41, 5.74) is 0. The standard InChI is InChI=1S/C13H25NO/c1-10(2)12-5-7-14(9-15)8-6-13(12)11(3)4/h9-13H,5-8H2,1-4H3. The molecule has 1 aliphatic heterocycles. The number of nitrogens with zero attached hydrogens (tertiary/aromatic N) is 1. The lowest BCUT2D eigenvalue weighted by Gasteiger charge is -2.30. The third kappa shape index (κ3) is 3.22. The molecule has 0 bridgehead atoms. The Hall–Kier alpha value is -0.530. The van der Waals surface area contributed by atoms with E-state index < -0.39 is 0 Å². The number of carbonyl (C=O) groups excluding carboxylic acids is 1. The van der Waals surface area contributed by atoms with E-state index in [0.29, 0.717) is 0 Å². The van der Waals surface area contributed by atoms with Crippen LogP contribution in [-0.4, -0.2) is 24.4 Å². The highest BCUT2D eigenvalue weighted by Crippen LogP contribution is 2.34. The number of carbonyl (C=O) groups is 1. The Kier molecular flexibility index (Phi) is 4.62. The molecule has 1 heterocycles. The highest BCUT2D eigenvalue weighted by molar-refractivity contribution is 5.46. The molecule has 0 aliphatic carbocycles. The Balaban J connectivity index is 2.69. The smallest absolute Gasteiger partial charge is 0.209 e. The summed E-state index contributed by atoms with van der Waals surface area (Å²) in [4.78, 5) is 12.7. The Morgan fingerprint density at radius 3 is 1.67 bits per heavy atom. The van der Waals surface area contributed by atoms with Gasteiger partial charge in [-0.25, -0.2) is 0 Å². The lowest BCUT2D eigenvalue weighted by Crippen LogP contribution is -2.24. The van der Waals surface area contributed by atoms with Gasteiger partial charge in [-0.1, -0.05) is 27.7 Å². The van der Waals surface area contributed by atoms with Gasteiger partial charge in [-0.2, -0.15) is 0 Å². The second-order valence-corrected chi connectivity index (χ2v) is 5.53. The minimum absolute atomic E-state index is 0.740. The molecule has 0 spiro atoms. The third-order valence-electron chi connectivity index (χ3n) is 3.91. The van der Waals surface area contributed by atoms with E-state index in [1.165, 1.54) is 12.8 Å². The van der Waals surface area contributed by atoms with Crippen molar-refractivity contribution in [3.8, 4) is 0 Å². The molecule has 2 nitrogen and oxygen atoms in total. The predicted molar refractivity (Wildman–Crippen MR) is 63.5 cm³/mol. The van der Waals surface area contributed by atoms with Crippen molar-refractivity contribution in [3.63, 3.8) is 0 Å². The fraction of sp³-hybridized carbons (Fsp3) is 0.923. The first kappa shape index (κ1) is 12.5. The van der Waals surface area contributed by atoms with Crippen LogP contribution in [0.3, 0.4) is 0 Å². The summed E-state index contributed by atoms with van der Waals surface area (Å²) in [5, 5.41) is 0. The normalized spacial score (nSPS) is 28.3. The van der Waals surface area contributed by atoms with Crippen molar-refractivity contribution >= 4 is 6.41 Å². The lowest BCUT2D eigenvalue weighted by molar-refractivity contribution is -0.118. The largest absolute Gasteiger partial charge is 0.345 e. The van der Waals surface area contributed by atoms with Crippen molar-refractivity contribution in [3.05, 3.63) is 0 Å². The van der Waals surface area contributed by atoms with Gasteiger partial charge in [0.05, 0.1) is 0 Å². The van der Waals surface area contributed by atoms with Gasteiger partial charge in [0.15, 0.2) is 0 Å². The van der Waals surface area contributed by atoms with Crippen LogP contribution < -0.4 is 0 Å². The first-order valence-electron chi connectivity index (χ1n) is 6.25. The Labute approximate surface area is 94.0 Å². The highest BCUT2D eigenvalue weighted by Gasteiger charge is 2.29. The van der Waals surface area contributed by atoms with Crippen molar-refractivity contribution < 1.29 is 4.79 Å². The molecular formula is C13H25NO. The summed E-state index contributed by atoms with van der Waals surface area (Å²) in [6.07, 6.45) is 3.37.